The van der Waals surface area contributed by atoms with Gasteiger partial charge in [-0.1, -0.05) is 36.4 Å². The fraction of sp³-hybridized carbons (Fsp3) is 0.111. The van der Waals surface area contributed by atoms with Crippen LogP contribution in [0.25, 0.3) is 12.2 Å². The molecular formula is C18H18O3. The molecule has 0 aromatic heterocycles. The molecule has 0 N–H and O–H groups in total. The molecule has 0 aliphatic heterocycles. The van der Waals surface area contributed by atoms with Crippen molar-refractivity contribution < 1.29 is 14.2 Å². The van der Waals surface area contributed by atoms with E-state index in [0.717, 1.165) is 22.6 Å². The highest BCUT2D eigenvalue weighted by Crippen LogP contribution is 2.20. The molecule has 0 bridgehead atoms. The first-order chi connectivity index (χ1) is 10.3. The Bertz CT molecular complexity index is 574. The molecule has 2 rings (SSSR count). The molecule has 0 aliphatic rings. The van der Waals surface area contributed by atoms with Crippen molar-refractivity contribution in [3.05, 3.63) is 72.2 Å². The molecule has 3 heteroatoms. The van der Waals surface area contributed by atoms with Crippen LogP contribution in [0.3, 0.4) is 0 Å². The molecule has 0 saturated carbocycles. The molecule has 21 heavy (non-hydrogen) atoms. The number of methoxy groups -OCH3 is 2. The number of hydrogen-bond acceptors (Lipinski definition) is 3. The van der Waals surface area contributed by atoms with Gasteiger partial charge in [0.15, 0.2) is 0 Å². The SMILES string of the molecule is COc1ccccc1C=COC=Cc1ccccc1OC. The van der Waals surface area contributed by atoms with E-state index < -0.39 is 0 Å². The van der Waals surface area contributed by atoms with Gasteiger partial charge in [0.2, 0.25) is 0 Å². The first-order valence-electron chi connectivity index (χ1n) is 6.59. The molecule has 0 heterocycles. The van der Waals surface area contributed by atoms with E-state index in [1.165, 1.54) is 0 Å². The molecule has 0 aliphatic carbocycles. The van der Waals surface area contributed by atoms with Crippen molar-refractivity contribution in [1.82, 2.24) is 0 Å². The third-order valence-corrected chi connectivity index (χ3v) is 2.93. The summed E-state index contributed by atoms with van der Waals surface area (Å²) in [6.45, 7) is 0. The lowest BCUT2D eigenvalue weighted by atomic mass is 10.2. The Balaban J connectivity index is 1.97. The lowest BCUT2D eigenvalue weighted by molar-refractivity contribution is 0.404. The van der Waals surface area contributed by atoms with Gasteiger partial charge in [-0.2, -0.15) is 0 Å². The van der Waals surface area contributed by atoms with Crippen LogP contribution in [0.15, 0.2) is 61.1 Å². The average Bonchev–Trinajstić information content (AvgIpc) is 2.55. The van der Waals surface area contributed by atoms with Crippen molar-refractivity contribution in [2.75, 3.05) is 14.2 Å². The number of rotatable bonds is 6. The average molecular weight is 282 g/mol. The summed E-state index contributed by atoms with van der Waals surface area (Å²) in [6, 6.07) is 15.5. The number of para-hydroxylation sites is 2. The molecule has 0 spiro atoms. The molecule has 108 valence electrons. The molecule has 2 aromatic carbocycles. The Morgan fingerprint density at radius 1 is 0.667 bits per heavy atom. The van der Waals surface area contributed by atoms with Crippen LogP contribution in [0.5, 0.6) is 11.5 Å². The van der Waals surface area contributed by atoms with Crippen LogP contribution < -0.4 is 9.47 Å². The minimum atomic E-state index is 0.811. The van der Waals surface area contributed by atoms with E-state index >= 15 is 0 Å². The van der Waals surface area contributed by atoms with Gasteiger partial charge < -0.3 is 14.2 Å². The van der Waals surface area contributed by atoms with Crippen LogP contribution in [-0.4, -0.2) is 14.2 Å². The van der Waals surface area contributed by atoms with Crippen molar-refractivity contribution in [1.29, 1.82) is 0 Å². The summed E-state index contributed by atoms with van der Waals surface area (Å²) in [5.41, 5.74) is 1.93. The Kier molecular flexibility index (Phi) is 5.47. The van der Waals surface area contributed by atoms with Crippen LogP contribution >= 0.6 is 0 Å². The second kappa shape index (κ2) is 7.80. The van der Waals surface area contributed by atoms with Crippen molar-refractivity contribution in [2.45, 2.75) is 0 Å². The standard InChI is InChI=1S/C18H18O3/c1-19-17-9-5-3-7-15(17)11-13-21-14-12-16-8-4-6-10-18(16)20-2/h3-14H,1-2H3. The predicted molar refractivity (Wildman–Crippen MR) is 85.1 cm³/mol. The maximum Gasteiger partial charge on any atom is 0.126 e. The lowest BCUT2D eigenvalue weighted by Crippen LogP contribution is -1.86. The quantitative estimate of drug-likeness (QED) is 0.737. The summed E-state index contributed by atoms with van der Waals surface area (Å²) < 4.78 is 15.9. The summed E-state index contributed by atoms with van der Waals surface area (Å²) in [4.78, 5) is 0. The van der Waals surface area contributed by atoms with Gasteiger partial charge in [-0.15, -0.1) is 0 Å². The minimum Gasteiger partial charge on any atom is -0.496 e. The van der Waals surface area contributed by atoms with Crippen LogP contribution in [0.4, 0.5) is 0 Å². The zero-order valence-electron chi connectivity index (χ0n) is 12.2. The van der Waals surface area contributed by atoms with E-state index in [-0.39, 0.29) is 0 Å². The van der Waals surface area contributed by atoms with E-state index in [4.69, 9.17) is 14.2 Å². The van der Waals surface area contributed by atoms with Gasteiger partial charge >= 0.3 is 0 Å². The lowest BCUT2D eigenvalue weighted by Gasteiger charge is -2.03. The molecule has 2 aromatic rings. The molecular weight excluding hydrogens is 264 g/mol. The summed E-state index contributed by atoms with van der Waals surface area (Å²) >= 11 is 0. The van der Waals surface area contributed by atoms with Crippen molar-refractivity contribution in [3.8, 4) is 11.5 Å². The Labute approximate surface area is 125 Å². The topological polar surface area (TPSA) is 27.7 Å². The fourth-order valence-electron chi connectivity index (χ4n) is 1.88. The van der Waals surface area contributed by atoms with Crippen LogP contribution in [0.2, 0.25) is 0 Å². The van der Waals surface area contributed by atoms with Gasteiger partial charge in [-0.3, -0.25) is 0 Å². The maximum atomic E-state index is 5.37. The van der Waals surface area contributed by atoms with E-state index in [1.807, 2.05) is 60.7 Å². The second-order valence-electron chi connectivity index (χ2n) is 4.23. The van der Waals surface area contributed by atoms with Gasteiger partial charge in [0.1, 0.15) is 11.5 Å². The zero-order chi connectivity index (χ0) is 14.9. The molecule has 0 saturated heterocycles. The second-order valence-corrected chi connectivity index (χ2v) is 4.23. The molecule has 0 unspecified atom stereocenters. The highest BCUT2D eigenvalue weighted by atomic mass is 16.5. The zero-order valence-corrected chi connectivity index (χ0v) is 12.2. The summed E-state index contributed by atoms with van der Waals surface area (Å²) in [6.07, 6.45) is 6.93. The third kappa shape index (κ3) is 4.14. The smallest absolute Gasteiger partial charge is 0.126 e. The maximum absolute atomic E-state index is 5.37. The van der Waals surface area contributed by atoms with E-state index in [0.29, 0.717) is 0 Å². The number of ether oxygens (including phenoxy) is 3. The van der Waals surface area contributed by atoms with E-state index in [1.54, 1.807) is 26.7 Å². The largest absolute Gasteiger partial charge is 0.496 e. The van der Waals surface area contributed by atoms with E-state index in [2.05, 4.69) is 0 Å². The minimum absolute atomic E-state index is 0.811. The van der Waals surface area contributed by atoms with Crippen LogP contribution in [0, 0.1) is 0 Å². The van der Waals surface area contributed by atoms with Crippen LogP contribution in [0.1, 0.15) is 11.1 Å². The van der Waals surface area contributed by atoms with Crippen molar-refractivity contribution in [3.63, 3.8) is 0 Å². The van der Waals surface area contributed by atoms with Gasteiger partial charge in [0.05, 0.1) is 26.7 Å². The van der Waals surface area contributed by atoms with E-state index in [9.17, 15) is 0 Å². The van der Waals surface area contributed by atoms with Gasteiger partial charge in [-0.25, -0.2) is 0 Å². The molecule has 0 amide bonds. The highest BCUT2D eigenvalue weighted by molar-refractivity contribution is 5.58. The summed E-state index contributed by atoms with van der Waals surface area (Å²) in [5, 5.41) is 0. The summed E-state index contributed by atoms with van der Waals surface area (Å²) in [5.74, 6) is 1.62. The Morgan fingerprint density at radius 3 is 1.52 bits per heavy atom. The van der Waals surface area contributed by atoms with Gasteiger partial charge in [0, 0.05) is 11.1 Å². The first-order valence-corrected chi connectivity index (χ1v) is 6.59. The third-order valence-electron chi connectivity index (χ3n) is 2.93. The Hall–Kier alpha value is -2.68. The molecule has 0 fully saturated rings. The molecule has 0 radical (unpaired) electrons. The molecule has 0 atom stereocenters. The van der Waals surface area contributed by atoms with Gasteiger partial charge in [0.25, 0.3) is 0 Å². The first kappa shape index (κ1) is 14.7. The fourth-order valence-corrected chi connectivity index (χ4v) is 1.88. The Morgan fingerprint density at radius 2 is 1.10 bits per heavy atom. The summed E-state index contributed by atoms with van der Waals surface area (Å²) in [7, 11) is 3.30. The van der Waals surface area contributed by atoms with Crippen LogP contribution in [-0.2, 0) is 4.74 Å². The number of hydrogen-bond donors (Lipinski definition) is 0. The monoisotopic (exact) mass is 282 g/mol. The van der Waals surface area contributed by atoms with Gasteiger partial charge in [-0.05, 0) is 24.3 Å². The van der Waals surface area contributed by atoms with Crippen molar-refractivity contribution in [2.24, 2.45) is 0 Å². The predicted octanol–water partition coefficient (Wildman–Crippen LogP) is 4.36. The number of benzene rings is 2. The molecule has 3 nitrogen and oxygen atoms in total. The normalized spacial score (nSPS) is 11.0. The van der Waals surface area contributed by atoms with Crippen molar-refractivity contribution >= 4 is 12.2 Å². The highest BCUT2D eigenvalue weighted by Gasteiger charge is 1.97.